The minimum atomic E-state index is -0.196. The van der Waals surface area contributed by atoms with E-state index in [1.165, 1.54) is 6.07 Å². The number of nitrogens with zero attached hydrogens (tertiary/aromatic N) is 1. The Balaban J connectivity index is 2.15. The first kappa shape index (κ1) is 10.6. The molecule has 2 rings (SSSR count). The second-order valence-corrected chi connectivity index (χ2v) is 3.60. The molecular weight excluding hydrogens is 203 g/mol. The van der Waals surface area contributed by atoms with Crippen LogP contribution in [0.2, 0.25) is 0 Å². The van der Waals surface area contributed by atoms with Crippen LogP contribution in [0.1, 0.15) is 18.5 Å². The third-order valence-electron chi connectivity index (χ3n) is 2.40. The van der Waals surface area contributed by atoms with Gasteiger partial charge in [-0.15, -0.1) is 0 Å². The van der Waals surface area contributed by atoms with E-state index in [2.05, 4.69) is 10.3 Å². The molecule has 0 amide bonds. The Morgan fingerprint density at radius 3 is 2.56 bits per heavy atom. The van der Waals surface area contributed by atoms with Crippen LogP contribution in [0.3, 0.4) is 0 Å². The maximum absolute atomic E-state index is 13.5. The fourth-order valence-electron chi connectivity index (χ4n) is 1.57. The molecule has 0 aliphatic carbocycles. The van der Waals surface area contributed by atoms with E-state index in [0.717, 1.165) is 5.82 Å². The summed E-state index contributed by atoms with van der Waals surface area (Å²) in [5.41, 5.74) is 0.646. The van der Waals surface area contributed by atoms with Crippen LogP contribution in [0.25, 0.3) is 0 Å². The zero-order valence-corrected chi connectivity index (χ0v) is 9.02. The van der Waals surface area contributed by atoms with E-state index in [4.69, 9.17) is 0 Å². The highest BCUT2D eigenvalue weighted by atomic mass is 19.1. The van der Waals surface area contributed by atoms with Crippen LogP contribution in [0, 0.1) is 5.82 Å². The lowest BCUT2D eigenvalue weighted by Gasteiger charge is -2.15. The summed E-state index contributed by atoms with van der Waals surface area (Å²) in [6.45, 7) is 1.91. The zero-order chi connectivity index (χ0) is 11.4. The predicted octanol–water partition coefficient (Wildman–Crippen LogP) is 3.39. The molecular formula is C13H13FN2. The van der Waals surface area contributed by atoms with Crippen molar-refractivity contribution in [3.8, 4) is 0 Å². The van der Waals surface area contributed by atoms with Crippen molar-refractivity contribution in [2.75, 3.05) is 5.32 Å². The normalized spacial score (nSPS) is 12.1. The van der Waals surface area contributed by atoms with Crippen molar-refractivity contribution in [1.82, 2.24) is 4.98 Å². The molecule has 0 radical (unpaired) electrons. The Kier molecular flexibility index (Phi) is 3.15. The van der Waals surface area contributed by atoms with Gasteiger partial charge in [-0.05, 0) is 25.1 Å². The van der Waals surface area contributed by atoms with Crippen molar-refractivity contribution in [1.29, 1.82) is 0 Å². The number of rotatable bonds is 3. The number of hydrogen-bond donors (Lipinski definition) is 1. The molecule has 2 aromatic rings. The van der Waals surface area contributed by atoms with Gasteiger partial charge in [-0.25, -0.2) is 9.37 Å². The van der Waals surface area contributed by atoms with Gasteiger partial charge in [0.25, 0.3) is 0 Å². The summed E-state index contributed by atoms with van der Waals surface area (Å²) in [5.74, 6) is 0.552. The Morgan fingerprint density at radius 1 is 1.12 bits per heavy atom. The smallest absolute Gasteiger partial charge is 0.128 e. The van der Waals surface area contributed by atoms with E-state index in [1.807, 2.05) is 31.2 Å². The van der Waals surface area contributed by atoms with Crippen molar-refractivity contribution in [2.24, 2.45) is 0 Å². The Labute approximate surface area is 94.2 Å². The molecule has 0 fully saturated rings. The van der Waals surface area contributed by atoms with Gasteiger partial charge in [-0.2, -0.15) is 0 Å². The topological polar surface area (TPSA) is 24.9 Å². The molecule has 2 nitrogen and oxygen atoms in total. The molecule has 0 saturated heterocycles. The molecule has 0 unspecified atom stereocenters. The lowest BCUT2D eigenvalue weighted by atomic mass is 10.1. The molecule has 0 spiro atoms. The van der Waals surface area contributed by atoms with Crippen molar-refractivity contribution in [3.05, 3.63) is 60.0 Å². The number of anilines is 1. The monoisotopic (exact) mass is 216 g/mol. The number of pyridine rings is 1. The standard InChI is InChI=1S/C13H13FN2/c1-10(11-6-2-3-7-12(11)14)16-13-8-4-5-9-15-13/h2-10H,1H3,(H,15,16)/t10-/m0/s1. The van der Waals surface area contributed by atoms with Crippen LogP contribution in [0.15, 0.2) is 48.7 Å². The highest BCUT2D eigenvalue weighted by molar-refractivity contribution is 5.37. The Bertz CT molecular complexity index is 456. The number of aromatic nitrogens is 1. The summed E-state index contributed by atoms with van der Waals surface area (Å²) in [4.78, 5) is 4.14. The molecule has 0 aliphatic rings. The minimum Gasteiger partial charge on any atom is -0.363 e. The molecule has 1 aromatic heterocycles. The van der Waals surface area contributed by atoms with Crippen molar-refractivity contribution < 1.29 is 4.39 Å². The highest BCUT2D eigenvalue weighted by Gasteiger charge is 2.09. The molecule has 0 aliphatic heterocycles. The van der Waals surface area contributed by atoms with E-state index in [0.29, 0.717) is 5.56 Å². The second-order valence-electron chi connectivity index (χ2n) is 3.60. The largest absolute Gasteiger partial charge is 0.363 e. The zero-order valence-electron chi connectivity index (χ0n) is 9.02. The van der Waals surface area contributed by atoms with E-state index in [9.17, 15) is 4.39 Å². The van der Waals surface area contributed by atoms with Crippen LogP contribution in [0.4, 0.5) is 10.2 Å². The summed E-state index contributed by atoms with van der Waals surface area (Å²) in [7, 11) is 0. The van der Waals surface area contributed by atoms with Crippen molar-refractivity contribution in [2.45, 2.75) is 13.0 Å². The molecule has 0 bridgehead atoms. The van der Waals surface area contributed by atoms with Gasteiger partial charge in [-0.1, -0.05) is 24.3 Å². The van der Waals surface area contributed by atoms with E-state index < -0.39 is 0 Å². The van der Waals surface area contributed by atoms with Crippen LogP contribution < -0.4 is 5.32 Å². The van der Waals surface area contributed by atoms with Crippen LogP contribution >= 0.6 is 0 Å². The predicted molar refractivity (Wildman–Crippen MR) is 62.7 cm³/mol. The SMILES string of the molecule is C[C@H](Nc1ccccn1)c1ccccc1F. The summed E-state index contributed by atoms with van der Waals surface area (Å²) in [6, 6.07) is 12.2. The summed E-state index contributed by atoms with van der Waals surface area (Å²) in [5, 5.41) is 3.15. The van der Waals surface area contributed by atoms with Crippen LogP contribution in [-0.2, 0) is 0 Å². The molecule has 16 heavy (non-hydrogen) atoms. The number of nitrogens with one attached hydrogen (secondary N) is 1. The quantitative estimate of drug-likeness (QED) is 0.850. The molecule has 1 atom stereocenters. The summed E-state index contributed by atoms with van der Waals surface area (Å²) in [6.07, 6.45) is 1.70. The second kappa shape index (κ2) is 4.75. The maximum atomic E-state index is 13.5. The number of benzene rings is 1. The van der Waals surface area contributed by atoms with Gasteiger partial charge >= 0.3 is 0 Å². The van der Waals surface area contributed by atoms with Gasteiger partial charge in [0.1, 0.15) is 11.6 Å². The molecule has 3 heteroatoms. The van der Waals surface area contributed by atoms with E-state index in [1.54, 1.807) is 18.3 Å². The highest BCUT2D eigenvalue weighted by Crippen LogP contribution is 2.19. The summed E-state index contributed by atoms with van der Waals surface area (Å²) < 4.78 is 13.5. The first-order valence-corrected chi connectivity index (χ1v) is 5.19. The fraction of sp³-hybridized carbons (Fsp3) is 0.154. The Morgan fingerprint density at radius 2 is 1.88 bits per heavy atom. The Hall–Kier alpha value is -1.90. The van der Waals surface area contributed by atoms with E-state index >= 15 is 0 Å². The van der Waals surface area contributed by atoms with Gasteiger partial charge in [0, 0.05) is 11.8 Å². The lowest BCUT2D eigenvalue weighted by molar-refractivity contribution is 0.600. The molecule has 0 saturated carbocycles. The van der Waals surface area contributed by atoms with E-state index in [-0.39, 0.29) is 11.9 Å². The molecule has 1 N–H and O–H groups in total. The number of hydrogen-bond acceptors (Lipinski definition) is 2. The van der Waals surface area contributed by atoms with Crippen LogP contribution in [-0.4, -0.2) is 4.98 Å². The van der Waals surface area contributed by atoms with Gasteiger partial charge in [0.15, 0.2) is 0 Å². The third kappa shape index (κ3) is 2.37. The fourth-order valence-corrected chi connectivity index (χ4v) is 1.57. The van der Waals surface area contributed by atoms with Gasteiger partial charge < -0.3 is 5.32 Å². The van der Waals surface area contributed by atoms with Crippen LogP contribution in [0.5, 0.6) is 0 Å². The summed E-state index contributed by atoms with van der Waals surface area (Å²) >= 11 is 0. The first-order valence-electron chi connectivity index (χ1n) is 5.19. The maximum Gasteiger partial charge on any atom is 0.128 e. The lowest BCUT2D eigenvalue weighted by Crippen LogP contribution is -2.09. The molecule has 82 valence electrons. The molecule has 1 aromatic carbocycles. The number of halogens is 1. The van der Waals surface area contributed by atoms with Gasteiger partial charge in [0.2, 0.25) is 0 Å². The van der Waals surface area contributed by atoms with Gasteiger partial charge in [-0.3, -0.25) is 0 Å². The van der Waals surface area contributed by atoms with Crippen molar-refractivity contribution in [3.63, 3.8) is 0 Å². The van der Waals surface area contributed by atoms with Gasteiger partial charge in [0.05, 0.1) is 6.04 Å². The average Bonchev–Trinajstić information content (AvgIpc) is 2.31. The average molecular weight is 216 g/mol. The minimum absolute atomic E-state index is 0.101. The molecule has 1 heterocycles. The third-order valence-corrected chi connectivity index (χ3v) is 2.40. The van der Waals surface area contributed by atoms with Crippen molar-refractivity contribution >= 4 is 5.82 Å². The first-order chi connectivity index (χ1) is 7.77.